The summed E-state index contributed by atoms with van der Waals surface area (Å²) in [6.45, 7) is 4.16. The highest BCUT2D eigenvalue weighted by molar-refractivity contribution is 6.32. The molecular weight excluding hydrogens is 486 g/mol. The molecule has 2 aromatic heterocycles. The molecule has 2 heterocycles. The lowest BCUT2D eigenvalue weighted by Gasteiger charge is -2.11. The molecule has 188 valence electrons. The number of fused-ring (bicyclic) bond motifs is 1. The molecule has 0 spiro atoms. The highest BCUT2D eigenvalue weighted by atomic mass is 35.5. The molecule has 1 amide bonds. The van der Waals surface area contributed by atoms with Gasteiger partial charge in [-0.05, 0) is 55.3 Å². The van der Waals surface area contributed by atoms with Crippen molar-refractivity contribution in [1.29, 1.82) is 0 Å². The average Bonchev–Trinajstić information content (AvgIpc) is 3.31. The Kier molecular flexibility index (Phi) is 7.74. The van der Waals surface area contributed by atoms with E-state index < -0.39 is 0 Å². The zero-order valence-corrected chi connectivity index (χ0v) is 21.1. The van der Waals surface area contributed by atoms with Gasteiger partial charge < -0.3 is 24.3 Å². The lowest BCUT2D eigenvalue weighted by atomic mass is 10.1. The van der Waals surface area contributed by atoms with Crippen LogP contribution in [0.1, 0.15) is 11.1 Å². The maximum atomic E-state index is 12.1. The molecule has 1 N–H and O–H groups in total. The maximum absolute atomic E-state index is 12.1. The number of hydrogen-bond donors (Lipinski definition) is 1. The molecule has 4 aromatic rings. The molecule has 4 rings (SSSR count). The Balaban J connectivity index is 1.34. The molecule has 0 bridgehead atoms. The number of nitrogens with one attached hydrogen (secondary N) is 1. The summed E-state index contributed by atoms with van der Waals surface area (Å²) in [7, 11) is 3.16. The number of amides is 1. The number of aryl methyl sites for hydroxylation is 2. The molecule has 0 aliphatic carbocycles. The fraction of sp³-hybridized carbons (Fsp3) is 0.280. The Labute approximate surface area is 213 Å². The van der Waals surface area contributed by atoms with Gasteiger partial charge in [-0.15, -0.1) is 15.3 Å². The van der Waals surface area contributed by atoms with Crippen LogP contribution in [0.4, 0.5) is 0 Å². The van der Waals surface area contributed by atoms with E-state index in [1.807, 2.05) is 19.9 Å². The summed E-state index contributed by atoms with van der Waals surface area (Å²) >= 11 is 6.17. The summed E-state index contributed by atoms with van der Waals surface area (Å²) in [4.78, 5) is 12.1. The number of hydrogen-bond acceptors (Lipinski definition) is 8. The van der Waals surface area contributed by atoms with Gasteiger partial charge in [-0.2, -0.15) is 4.52 Å². The van der Waals surface area contributed by atoms with Gasteiger partial charge in [0, 0.05) is 17.2 Å². The zero-order valence-electron chi connectivity index (χ0n) is 20.4. The van der Waals surface area contributed by atoms with Crippen LogP contribution in [0.15, 0.2) is 42.5 Å². The van der Waals surface area contributed by atoms with Crippen LogP contribution >= 0.6 is 11.6 Å². The second-order valence-electron chi connectivity index (χ2n) is 7.89. The van der Waals surface area contributed by atoms with Crippen molar-refractivity contribution < 1.29 is 23.7 Å². The number of benzene rings is 2. The van der Waals surface area contributed by atoms with Crippen molar-refractivity contribution in [3.63, 3.8) is 0 Å². The predicted molar refractivity (Wildman–Crippen MR) is 134 cm³/mol. The monoisotopic (exact) mass is 511 g/mol. The van der Waals surface area contributed by atoms with Crippen LogP contribution in [0.2, 0.25) is 5.02 Å². The molecule has 0 aliphatic rings. The van der Waals surface area contributed by atoms with E-state index in [1.54, 1.807) is 55.1 Å². The van der Waals surface area contributed by atoms with Gasteiger partial charge in [0.2, 0.25) is 5.88 Å². The van der Waals surface area contributed by atoms with Crippen molar-refractivity contribution in [2.45, 2.75) is 13.8 Å². The molecule has 0 saturated carbocycles. The Bertz CT molecular complexity index is 1370. The Morgan fingerprint density at radius 2 is 1.75 bits per heavy atom. The number of rotatable bonds is 10. The molecule has 0 saturated heterocycles. The van der Waals surface area contributed by atoms with Crippen molar-refractivity contribution in [2.75, 3.05) is 34.0 Å². The van der Waals surface area contributed by atoms with Crippen LogP contribution in [-0.2, 0) is 4.79 Å². The normalized spacial score (nSPS) is 10.8. The summed E-state index contributed by atoms with van der Waals surface area (Å²) in [5.41, 5.74) is 3.04. The molecule has 36 heavy (non-hydrogen) atoms. The van der Waals surface area contributed by atoms with E-state index >= 15 is 0 Å². The molecule has 0 aliphatic heterocycles. The molecule has 0 unspecified atom stereocenters. The van der Waals surface area contributed by atoms with Crippen molar-refractivity contribution in [2.24, 2.45) is 0 Å². The van der Waals surface area contributed by atoms with Gasteiger partial charge in [0.25, 0.3) is 5.91 Å². The van der Waals surface area contributed by atoms with Gasteiger partial charge in [-0.1, -0.05) is 11.6 Å². The Morgan fingerprint density at radius 1 is 0.972 bits per heavy atom. The van der Waals surface area contributed by atoms with Gasteiger partial charge in [0.05, 0.1) is 26.3 Å². The first kappa shape index (κ1) is 25.1. The van der Waals surface area contributed by atoms with Gasteiger partial charge in [0.15, 0.2) is 18.1 Å². The Hall–Kier alpha value is -4.05. The second kappa shape index (κ2) is 11.1. The maximum Gasteiger partial charge on any atom is 0.258 e. The number of ether oxygens (including phenoxy) is 4. The van der Waals surface area contributed by atoms with Gasteiger partial charge >= 0.3 is 0 Å². The number of nitrogens with zero attached hydrogens (tertiary/aromatic N) is 4. The van der Waals surface area contributed by atoms with Crippen LogP contribution < -0.4 is 24.3 Å². The van der Waals surface area contributed by atoms with Crippen LogP contribution in [-0.4, -0.2) is 59.7 Å². The first-order chi connectivity index (χ1) is 17.4. The summed E-state index contributed by atoms with van der Waals surface area (Å²) < 4.78 is 23.6. The lowest BCUT2D eigenvalue weighted by molar-refractivity contribution is -0.123. The van der Waals surface area contributed by atoms with Crippen LogP contribution in [0.3, 0.4) is 0 Å². The Morgan fingerprint density at radius 3 is 2.47 bits per heavy atom. The predicted octanol–water partition coefficient (Wildman–Crippen LogP) is 3.65. The van der Waals surface area contributed by atoms with Crippen molar-refractivity contribution in [1.82, 2.24) is 25.1 Å². The third-order valence-corrected chi connectivity index (χ3v) is 5.94. The largest absolute Gasteiger partial charge is 0.497 e. The fourth-order valence-corrected chi connectivity index (χ4v) is 3.64. The molecule has 2 aromatic carbocycles. The SMILES string of the molecule is COc1ccc(-c2nnc3ccc(OCCNC(=O)COc4cc(C)c(Cl)c(C)c4)nn23)c(OC)c1. The first-order valence-electron chi connectivity index (χ1n) is 11.1. The standard InChI is InChI=1S/C25H26ClN5O5/c1-15-11-18(12-16(2)24(15)26)36-14-22(32)27-9-10-35-23-8-7-21-28-29-25(31(21)30-23)19-6-5-17(33-3)13-20(19)34-4/h5-8,11-13H,9-10,14H2,1-4H3,(H,27,32). The van der Waals surface area contributed by atoms with Crippen molar-refractivity contribution in [3.05, 3.63) is 58.6 Å². The summed E-state index contributed by atoms with van der Waals surface area (Å²) in [6, 6.07) is 12.4. The smallest absolute Gasteiger partial charge is 0.258 e. The number of carbonyl (C=O) groups is 1. The minimum absolute atomic E-state index is 0.113. The number of methoxy groups -OCH3 is 2. The van der Waals surface area contributed by atoms with E-state index in [1.165, 1.54) is 0 Å². The quantitative estimate of drug-likeness (QED) is 0.321. The summed E-state index contributed by atoms with van der Waals surface area (Å²) in [5, 5.41) is 16.3. The molecule has 0 radical (unpaired) electrons. The van der Waals surface area contributed by atoms with E-state index in [4.69, 9.17) is 30.5 Å². The van der Waals surface area contributed by atoms with Crippen molar-refractivity contribution in [3.8, 4) is 34.5 Å². The highest BCUT2D eigenvalue weighted by Crippen LogP contribution is 2.32. The van der Waals surface area contributed by atoms with Crippen LogP contribution in [0.25, 0.3) is 17.0 Å². The summed E-state index contributed by atoms with van der Waals surface area (Å²) in [6.07, 6.45) is 0. The zero-order chi connectivity index (χ0) is 25.7. The topological polar surface area (TPSA) is 109 Å². The van der Waals surface area contributed by atoms with E-state index in [9.17, 15) is 4.79 Å². The fourth-order valence-electron chi connectivity index (χ4n) is 3.54. The van der Waals surface area contributed by atoms with Gasteiger partial charge in [-0.25, -0.2) is 0 Å². The number of halogens is 1. The van der Waals surface area contributed by atoms with Gasteiger partial charge in [-0.3, -0.25) is 4.79 Å². The minimum Gasteiger partial charge on any atom is -0.497 e. The summed E-state index contributed by atoms with van der Waals surface area (Å²) in [5.74, 6) is 2.41. The minimum atomic E-state index is -0.264. The van der Waals surface area contributed by atoms with E-state index in [0.717, 1.165) is 11.1 Å². The molecule has 0 fully saturated rings. The molecule has 10 nitrogen and oxygen atoms in total. The van der Waals surface area contributed by atoms with E-state index in [2.05, 4.69) is 20.6 Å². The van der Waals surface area contributed by atoms with Crippen molar-refractivity contribution >= 4 is 23.2 Å². The number of carbonyl (C=O) groups excluding carboxylic acids is 1. The third kappa shape index (κ3) is 5.60. The second-order valence-corrected chi connectivity index (χ2v) is 8.27. The highest BCUT2D eigenvalue weighted by Gasteiger charge is 2.16. The van der Waals surface area contributed by atoms with E-state index in [-0.39, 0.29) is 25.7 Å². The first-order valence-corrected chi connectivity index (χ1v) is 11.5. The van der Waals surface area contributed by atoms with Crippen LogP contribution in [0.5, 0.6) is 23.1 Å². The van der Waals surface area contributed by atoms with Gasteiger partial charge in [0.1, 0.15) is 23.9 Å². The molecular formula is C25H26ClN5O5. The van der Waals surface area contributed by atoms with E-state index in [0.29, 0.717) is 45.2 Å². The molecule has 11 heteroatoms. The average molecular weight is 512 g/mol. The lowest BCUT2D eigenvalue weighted by Crippen LogP contribution is -2.32. The number of aromatic nitrogens is 4. The molecule has 0 atom stereocenters. The van der Waals surface area contributed by atoms with Crippen LogP contribution in [0, 0.1) is 13.8 Å². The third-order valence-electron chi connectivity index (χ3n) is 5.34.